The molecule has 1 aromatic carbocycles. The number of aromatic nitrogens is 4. The molecule has 13 heteroatoms. The van der Waals surface area contributed by atoms with E-state index in [0.29, 0.717) is 28.6 Å². The van der Waals surface area contributed by atoms with Gasteiger partial charge in [0.25, 0.3) is 0 Å². The van der Waals surface area contributed by atoms with Gasteiger partial charge in [-0.2, -0.15) is 13.2 Å². The minimum Gasteiger partial charge on any atom is -0.475 e. The van der Waals surface area contributed by atoms with Crippen LogP contribution in [0.4, 0.5) is 17.6 Å². The van der Waals surface area contributed by atoms with Crippen LogP contribution in [0, 0.1) is 5.82 Å². The molecule has 0 aliphatic carbocycles. The molecule has 0 bridgehead atoms. The number of pyridine rings is 3. The van der Waals surface area contributed by atoms with Crippen LogP contribution in [0.2, 0.25) is 0 Å². The standard InChI is InChI=1S/C24H19FN4O2S.C2HF3O2/c1-32(30,31)9-7-15-4-2-5-16(10-15)22-19(25)13-28-24-23(22)18-11-20(27-14-21(18)29-24)17-6-3-8-26-12-17;3-2(4,5)1(6)7/h2-6,8,10-14H,7,9H2,1H3,(H,28,29);(H,6,7). The van der Waals surface area contributed by atoms with Gasteiger partial charge in [0, 0.05) is 40.5 Å². The summed E-state index contributed by atoms with van der Waals surface area (Å²) in [5.74, 6) is -3.16. The molecular formula is C26H20F4N4O4S. The maximum Gasteiger partial charge on any atom is 0.490 e. The van der Waals surface area contributed by atoms with Gasteiger partial charge in [0.2, 0.25) is 0 Å². The second-order valence-corrected chi connectivity index (χ2v) is 10.8. The zero-order valence-corrected chi connectivity index (χ0v) is 21.0. The van der Waals surface area contributed by atoms with E-state index in [4.69, 9.17) is 9.90 Å². The van der Waals surface area contributed by atoms with E-state index in [0.717, 1.165) is 27.7 Å². The predicted molar refractivity (Wildman–Crippen MR) is 137 cm³/mol. The van der Waals surface area contributed by atoms with Crippen LogP contribution in [-0.2, 0) is 21.1 Å². The summed E-state index contributed by atoms with van der Waals surface area (Å²) in [4.78, 5) is 25.0. The van der Waals surface area contributed by atoms with Crippen LogP contribution in [0.25, 0.3) is 44.3 Å². The lowest BCUT2D eigenvalue weighted by Crippen LogP contribution is -2.21. The summed E-state index contributed by atoms with van der Waals surface area (Å²) in [5, 5.41) is 8.59. The SMILES string of the molecule is CS(=O)(=O)CCc1cccc(-c2c(F)cnc3[nH]c4cnc(-c5cccnc5)cc4c23)c1.O=C(O)C(F)(F)F. The number of hydrogen-bond acceptors (Lipinski definition) is 6. The monoisotopic (exact) mass is 560 g/mol. The van der Waals surface area contributed by atoms with Gasteiger partial charge < -0.3 is 10.1 Å². The number of benzene rings is 1. The van der Waals surface area contributed by atoms with Crippen LogP contribution in [0.3, 0.4) is 0 Å². The first-order chi connectivity index (χ1) is 18.3. The summed E-state index contributed by atoms with van der Waals surface area (Å²) in [5.41, 5.74) is 4.81. The van der Waals surface area contributed by atoms with Crippen molar-refractivity contribution < 1.29 is 35.9 Å². The number of sulfone groups is 1. The third-order valence-electron chi connectivity index (χ3n) is 5.64. The molecule has 39 heavy (non-hydrogen) atoms. The Bertz CT molecular complexity index is 1770. The zero-order chi connectivity index (χ0) is 28.4. The molecular weight excluding hydrogens is 540 g/mol. The Balaban J connectivity index is 0.000000448. The molecule has 0 radical (unpaired) electrons. The number of nitrogens with one attached hydrogen (secondary N) is 1. The summed E-state index contributed by atoms with van der Waals surface area (Å²) in [6.45, 7) is 0. The van der Waals surface area contributed by atoms with E-state index in [1.807, 2.05) is 42.5 Å². The summed E-state index contributed by atoms with van der Waals surface area (Å²) in [7, 11) is -3.09. The molecule has 0 saturated heterocycles. The average Bonchev–Trinajstić information content (AvgIpc) is 3.25. The van der Waals surface area contributed by atoms with Crippen LogP contribution in [-0.4, -0.2) is 57.6 Å². The Morgan fingerprint density at radius 3 is 2.38 bits per heavy atom. The van der Waals surface area contributed by atoms with Crippen LogP contribution >= 0.6 is 0 Å². The second kappa shape index (κ2) is 10.8. The van der Waals surface area contributed by atoms with E-state index in [-0.39, 0.29) is 5.75 Å². The van der Waals surface area contributed by atoms with Crippen LogP contribution < -0.4 is 0 Å². The van der Waals surface area contributed by atoms with Crippen molar-refractivity contribution in [3.8, 4) is 22.4 Å². The lowest BCUT2D eigenvalue weighted by Gasteiger charge is -2.09. The number of halogens is 4. The average molecular weight is 561 g/mol. The van der Waals surface area contributed by atoms with E-state index in [9.17, 15) is 21.6 Å². The highest BCUT2D eigenvalue weighted by Gasteiger charge is 2.38. The number of carboxylic acids is 1. The molecule has 0 atom stereocenters. The van der Waals surface area contributed by atoms with Crippen molar-refractivity contribution in [3.05, 3.63) is 78.6 Å². The van der Waals surface area contributed by atoms with Gasteiger partial charge in [-0.15, -0.1) is 0 Å². The Labute approximate surface area is 219 Å². The van der Waals surface area contributed by atoms with Crippen molar-refractivity contribution in [2.24, 2.45) is 0 Å². The number of aromatic amines is 1. The first-order valence-corrected chi connectivity index (χ1v) is 13.3. The van der Waals surface area contributed by atoms with Gasteiger partial charge >= 0.3 is 12.1 Å². The maximum atomic E-state index is 15.1. The number of H-pyrrole nitrogens is 1. The van der Waals surface area contributed by atoms with Crippen molar-refractivity contribution in [1.29, 1.82) is 0 Å². The summed E-state index contributed by atoms with van der Waals surface area (Å²) in [6, 6.07) is 13.0. The highest BCUT2D eigenvalue weighted by Crippen LogP contribution is 2.36. The van der Waals surface area contributed by atoms with Crippen LogP contribution in [0.1, 0.15) is 5.56 Å². The molecule has 4 heterocycles. The van der Waals surface area contributed by atoms with Crippen molar-refractivity contribution in [3.63, 3.8) is 0 Å². The van der Waals surface area contributed by atoms with Gasteiger partial charge in [0.15, 0.2) is 0 Å². The molecule has 0 spiro atoms. The molecule has 0 saturated carbocycles. The van der Waals surface area contributed by atoms with Crippen LogP contribution in [0.5, 0.6) is 0 Å². The quantitative estimate of drug-likeness (QED) is 0.283. The van der Waals surface area contributed by atoms with Crippen molar-refractivity contribution in [2.45, 2.75) is 12.6 Å². The molecule has 202 valence electrons. The molecule has 5 aromatic rings. The van der Waals surface area contributed by atoms with E-state index in [1.54, 1.807) is 18.6 Å². The minimum atomic E-state index is -5.08. The fraction of sp³-hybridized carbons (Fsp3) is 0.154. The lowest BCUT2D eigenvalue weighted by molar-refractivity contribution is -0.192. The zero-order valence-electron chi connectivity index (χ0n) is 20.2. The first kappa shape index (κ1) is 27.6. The number of carboxylic acid groups (broad SMARTS) is 1. The number of carbonyl (C=O) groups is 1. The fourth-order valence-electron chi connectivity index (χ4n) is 3.87. The third-order valence-corrected chi connectivity index (χ3v) is 6.58. The number of fused-ring (bicyclic) bond motifs is 3. The van der Waals surface area contributed by atoms with Gasteiger partial charge in [-0.05, 0) is 35.7 Å². The molecule has 0 unspecified atom stereocenters. The molecule has 8 nitrogen and oxygen atoms in total. The molecule has 0 fully saturated rings. The van der Waals surface area contributed by atoms with Crippen molar-refractivity contribution >= 4 is 37.7 Å². The molecule has 5 rings (SSSR count). The molecule has 4 aromatic heterocycles. The summed E-state index contributed by atoms with van der Waals surface area (Å²) in [6.07, 6.45) is 2.83. The third kappa shape index (κ3) is 6.55. The first-order valence-electron chi connectivity index (χ1n) is 11.3. The van der Waals surface area contributed by atoms with Gasteiger partial charge in [-0.3, -0.25) is 9.97 Å². The Hall–Kier alpha value is -4.39. The summed E-state index contributed by atoms with van der Waals surface area (Å²) >= 11 is 0. The van der Waals surface area contributed by atoms with Crippen molar-refractivity contribution in [2.75, 3.05) is 12.0 Å². The Kier molecular flexibility index (Phi) is 7.63. The Morgan fingerprint density at radius 1 is 1.03 bits per heavy atom. The van der Waals surface area contributed by atoms with E-state index in [1.165, 1.54) is 12.5 Å². The predicted octanol–water partition coefficient (Wildman–Crippen LogP) is 5.20. The highest BCUT2D eigenvalue weighted by molar-refractivity contribution is 7.90. The largest absolute Gasteiger partial charge is 0.490 e. The highest BCUT2D eigenvalue weighted by atomic mass is 32.2. The molecule has 2 N–H and O–H groups in total. The van der Waals surface area contributed by atoms with Gasteiger partial charge in [-0.25, -0.2) is 22.6 Å². The number of nitrogens with zero attached hydrogens (tertiary/aromatic N) is 3. The molecule has 0 amide bonds. The maximum absolute atomic E-state index is 15.1. The number of hydrogen-bond donors (Lipinski definition) is 2. The van der Waals surface area contributed by atoms with Gasteiger partial charge in [0.1, 0.15) is 21.3 Å². The van der Waals surface area contributed by atoms with Crippen LogP contribution in [0.15, 0.2) is 67.3 Å². The number of alkyl halides is 3. The lowest BCUT2D eigenvalue weighted by atomic mass is 9.98. The minimum absolute atomic E-state index is 0.0396. The topological polar surface area (TPSA) is 126 Å². The van der Waals surface area contributed by atoms with E-state index in [2.05, 4.69) is 19.9 Å². The molecule has 0 aliphatic rings. The van der Waals surface area contributed by atoms with Gasteiger partial charge in [0.05, 0.1) is 29.4 Å². The van der Waals surface area contributed by atoms with E-state index < -0.39 is 27.8 Å². The van der Waals surface area contributed by atoms with E-state index >= 15 is 4.39 Å². The smallest absolute Gasteiger partial charge is 0.475 e. The number of rotatable bonds is 5. The summed E-state index contributed by atoms with van der Waals surface area (Å²) < 4.78 is 70.0. The second-order valence-electron chi connectivity index (χ2n) is 8.57. The van der Waals surface area contributed by atoms with Crippen molar-refractivity contribution in [1.82, 2.24) is 19.9 Å². The fourth-order valence-corrected chi connectivity index (χ4v) is 4.48. The van der Waals surface area contributed by atoms with Gasteiger partial charge in [-0.1, -0.05) is 24.3 Å². The molecule has 0 aliphatic heterocycles. The number of aliphatic carboxylic acids is 1. The number of aryl methyl sites for hydroxylation is 1. The Morgan fingerprint density at radius 2 is 1.74 bits per heavy atom. The normalized spacial score (nSPS) is 11.8.